The van der Waals surface area contributed by atoms with Crippen molar-refractivity contribution in [2.45, 2.75) is 52.6 Å². The predicted octanol–water partition coefficient (Wildman–Crippen LogP) is 4.41. The maximum Gasteiger partial charge on any atom is 0.244 e. The summed E-state index contributed by atoms with van der Waals surface area (Å²) in [6.07, 6.45) is 6.78. The van der Waals surface area contributed by atoms with E-state index < -0.39 is 10.0 Å². The molecule has 3 rings (SSSR count). The van der Waals surface area contributed by atoms with Crippen molar-refractivity contribution in [3.63, 3.8) is 0 Å². The summed E-state index contributed by atoms with van der Waals surface area (Å²) in [5.41, 5.74) is 6.50. The highest BCUT2D eigenvalue weighted by Gasteiger charge is 2.30. The van der Waals surface area contributed by atoms with E-state index in [9.17, 15) is 8.42 Å². The first kappa shape index (κ1) is 21.1. The molecule has 0 bridgehead atoms. The molecule has 0 amide bonds. The number of sulfonamides is 1. The summed E-state index contributed by atoms with van der Waals surface area (Å²) in [6.45, 7) is 10.3. The lowest BCUT2D eigenvalue weighted by atomic mass is 9.95. The van der Waals surface area contributed by atoms with Gasteiger partial charge in [0.25, 0.3) is 0 Å². The Morgan fingerprint density at radius 3 is 1.52 bits per heavy atom. The van der Waals surface area contributed by atoms with E-state index in [1.165, 1.54) is 4.31 Å². The van der Waals surface area contributed by atoms with Gasteiger partial charge in [0.05, 0.1) is 4.90 Å². The average Bonchev–Trinajstić information content (AvgIpc) is 2.72. The fraction of sp³-hybridized carbons (Fsp3) is 0.304. The summed E-state index contributed by atoms with van der Waals surface area (Å²) in [6, 6.07) is 7.43. The van der Waals surface area contributed by atoms with Crippen molar-refractivity contribution in [3.8, 4) is 0 Å². The molecule has 0 N–H and O–H groups in total. The summed E-state index contributed by atoms with van der Waals surface area (Å²) < 4.78 is 29.3. The number of aromatic nitrogens is 2. The van der Waals surface area contributed by atoms with Crippen LogP contribution in [0, 0.1) is 34.6 Å². The molecule has 0 atom stereocenters. The number of pyridine rings is 2. The fourth-order valence-electron chi connectivity index (χ4n) is 3.60. The van der Waals surface area contributed by atoms with Crippen LogP contribution in [0.2, 0.25) is 0 Å². The maximum atomic E-state index is 13.9. The monoisotopic (exact) mass is 409 g/mol. The Hall–Kier alpha value is -2.57. The molecule has 3 aromatic rings. The van der Waals surface area contributed by atoms with E-state index in [1.807, 2.05) is 58.9 Å². The highest BCUT2D eigenvalue weighted by Crippen LogP contribution is 2.32. The van der Waals surface area contributed by atoms with Gasteiger partial charge in [0.1, 0.15) is 0 Å². The van der Waals surface area contributed by atoms with Crippen LogP contribution in [-0.2, 0) is 23.1 Å². The van der Waals surface area contributed by atoms with Gasteiger partial charge < -0.3 is 0 Å². The Kier molecular flexibility index (Phi) is 6.15. The second kappa shape index (κ2) is 8.43. The normalized spacial score (nSPS) is 11.8. The average molecular weight is 410 g/mol. The van der Waals surface area contributed by atoms with Crippen molar-refractivity contribution >= 4 is 10.0 Å². The summed E-state index contributed by atoms with van der Waals surface area (Å²) in [5.74, 6) is 0. The molecule has 0 aliphatic heterocycles. The van der Waals surface area contributed by atoms with Gasteiger partial charge in [-0.05, 0) is 85.7 Å². The molecule has 2 heterocycles. The first-order valence-electron chi connectivity index (χ1n) is 9.58. The minimum absolute atomic E-state index is 0.246. The van der Waals surface area contributed by atoms with E-state index in [0.29, 0.717) is 4.90 Å². The lowest BCUT2D eigenvalue weighted by Crippen LogP contribution is -2.32. The number of rotatable bonds is 6. The van der Waals surface area contributed by atoms with E-state index >= 15 is 0 Å². The molecule has 0 fully saturated rings. The van der Waals surface area contributed by atoms with Crippen molar-refractivity contribution in [1.82, 2.24) is 14.3 Å². The molecule has 1 aromatic carbocycles. The molecule has 6 heteroatoms. The summed E-state index contributed by atoms with van der Waals surface area (Å²) in [7, 11) is -3.74. The van der Waals surface area contributed by atoms with Gasteiger partial charge in [-0.3, -0.25) is 9.97 Å². The molecule has 0 aliphatic rings. The molecule has 0 spiro atoms. The van der Waals surface area contributed by atoms with Gasteiger partial charge in [0, 0.05) is 37.9 Å². The molecule has 2 aromatic heterocycles. The number of benzene rings is 1. The standard InChI is InChI=1S/C23H27N3O2S/c1-16-17(2)19(4)23(20(5)18(16)3)29(27,28)26(14-21-8-6-10-24-12-21)15-22-9-7-11-25-13-22/h6-13H,14-15H2,1-5H3. The van der Waals surface area contributed by atoms with Crippen LogP contribution >= 0.6 is 0 Å². The largest absolute Gasteiger partial charge is 0.264 e. The van der Waals surface area contributed by atoms with Gasteiger partial charge in [0.2, 0.25) is 10.0 Å². The Labute approximate surface area is 173 Å². The van der Waals surface area contributed by atoms with Crippen LogP contribution in [0.25, 0.3) is 0 Å². The van der Waals surface area contributed by atoms with Crippen molar-refractivity contribution < 1.29 is 8.42 Å². The molecule has 0 saturated heterocycles. The molecular weight excluding hydrogens is 382 g/mol. The predicted molar refractivity (Wildman–Crippen MR) is 115 cm³/mol. The van der Waals surface area contributed by atoms with Gasteiger partial charge >= 0.3 is 0 Å². The summed E-state index contributed by atoms with van der Waals surface area (Å²) in [5, 5.41) is 0. The van der Waals surface area contributed by atoms with Crippen molar-refractivity contribution in [2.24, 2.45) is 0 Å². The molecule has 29 heavy (non-hydrogen) atoms. The smallest absolute Gasteiger partial charge is 0.244 e. The minimum atomic E-state index is -3.74. The van der Waals surface area contributed by atoms with E-state index in [2.05, 4.69) is 9.97 Å². The number of nitrogens with zero attached hydrogens (tertiary/aromatic N) is 3. The number of hydrogen-bond acceptors (Lipinski definition) is 4. The topological polar surface area (TPSA) is 63.2 Å². The minimum Gasteiger partial charge on any atom is -0.264 e. The van der Waals surface area contributed by atoms with E-state index in [1.54, 1.807) is 24.8 Å². The van der Waals surface area contributed by atoms with Crippen molar-refractivity contribution in [3.05, 3.63) is 88.0 Å². The van der Waals surface area contributed by atoms with Gasteiger partial charge in [-0.15, -0.1) is 0 Å². The zero-order chi connectivity index (χ0) is 21.2. The first-order chi connectivity index (χ1) is 13.7. The Morgan fingerprint density at radius 2 is 1.14 bits per heavy atom. The van der Waals surface area contributed by atoms with Crippen molar-refractivity contribution in [1.29, 1.82) is 0 Å². The molecule has 0 saturated carbocycles. The van der Waals surface area contributed by atoms with Gasteiger partial charge in [-0.25, -0.2) is 8.42 Å². The van der Waals surface area contributed by atoms with Gasteiger partial charge in [0.15, 0.2) is 0 Å². The Morgan fingerprint density at radius 1 is 0.724 bits per heavy atom. The van der Waals surface area contributed by atoms with Crippen LogP contribution < -0.4 is 0 Å². The zero-order valence-corrected chi connectivity index (χ0v) is 18.4. The molecule has 5 nitrogen and oxygen atoms in total. The SMILES string of the molecule is Cc1c(C)c(C)c(S(=O)(=O)N(Cc2cccnc2)Cc2cccnc2)c(C)c1C. The molecule has 152 valence electrons. The first-order valence-corrected chi connectivity index (χ1v) is 11.0. The quantitative estimate of drug-likeness (QED) is 0.605. The van der Waals surface area contributed by atoms with E-state index in [4.69, 9.17) is 0 Å². The number of hydrogen-bond donors (Lipinski definition) is 0. The van der Waals surface area contributed by atoms with Gasteiger partial charge in [-0.2, -0.15) is 4.31 Å². The van der Waals surface area contributed by atoms with E-state index in [-0.39, 0.29) is 13.1 Å². The van der Waals surface area contributed by atoms with Crippen LogP contribution in [0.15, 0.2) is 53.9 Å². The van der Waals surface area contributed by atoms with Crippen LogP contribution in [0.4, 0.5) is 0 Å². The molecule has 0 unspecified atom stereocenters. The van der Waals surface area contributed by atoms with Crippen LogP contribution in [-0.4, -0.2) is 22.7 Å². The fourth-order valence-corrected chi connectivity index (χ4v) is 5.57. The summed E-state index contributed by atoms with van der Waals surface area (Å²) >= 11 is 0. The molecule has 0 aliphatic carbocycles. The molecule has 0 radical (unpaired) electrons. The van der Waals surface area contributed by atoms with Gasteiger partial charge in [-0.1, -0.05) is 12.1 Å². The highest BCUT2D eigenvalue weighted by molar-refractivity contribution is 7.89. The maximum absolute atomic E-state index is 13.9. The van der Waals surface area contributed by atoms with Crippen molar-refractivity contribution in [2.75, 3.05) is 0 Å². The third-order valence-corrected chi connectivity index (χ3v) is 7.76. The lowest BCUT2D eigenvalue weighted by molar-refractivity contribution is 0.399. The zero-order valence-electron chi connectivity index (χ0n) is 17.6. The second-order valence-corrected chi connectivity index (χ2v) is 9.32. The second-order valence-electron chi connectivity index (χ2n) is 7.45. The highest BCUT2D eigenvalue weighted by atomic mass is 32.2. The Bertz CT molecular complexity index is 1040. The Balaban J connectivity index is 2.14. The van der Waals surface area contributed by atoms with Crippen LogP contribution in [0.3, 0.4) is 0 Å². The van der Waals surface area contributed by atoms with Crippen LogP contribution in [0.5, 0.6) is 0 Å². The summed E-state index contributed by atoms with van der Waals surface area (Å²) in [4.78, 5) is 8.69. The van der Waals surface area contributed by atoms with Crippen LogP contribution in [0.1, 0.15) is 38.9 Å². The lowest BCUT2D eigenvalue weighted by Gasteiger charge is -2.26. The molecular formula is C23H27N3O2S. The third-order valence-electron chi connectivity index (χ3n) is 5.69. The third kappa shape index (κ3) is 4.23. The van der Waals surface area contributed by atoms with E-state index in [0.717, 1.165) is 38.9 Å².